The van der Waals surface area contributed by atoms with Gasteiger partial charge in [-0.2, -0.15) is 0 Å². The minimum Gasteiger partial charge on any atom is -0.366 e. The quantitative estimate of drug-likeness (QED) is 0.603. The van der Waals surface area contributed by atoms with E-state index in [0.29, 0.717) is 34.2 Å². The van der Waals surface area contributed by atoms with Crippen molar-refractivity contribution in [2.45, 2.75) is 13.5 Å². The first-order valence-electron chi connectivity index (χ1n) is 8.38. The maximum absolute atomic E-state index is 12.4. The fourth-order valence-corrected chi connectivity index (χ4v) is 2.68. The molecule has 0 aliphatic heterocycles. The second kappa shape index (κ2) is 8.47. The number of carbonyl (C=O) groups excluding carboxylic acids is 2. The van der Waals surface area contributed by atoms with Gasteiger partial charge in [-0.25, -0.2) is 4.98 Å². The van der Waals surface area contributed by atoms with Gasteiger partial charge in [-0.1, -0.05) is 41.9 Å². The monoisotopic (exact) mass is 379 g/mol. The summed E-state index contributed by atoms with van der Waals surface area (Å²) < 4.78 is 0. The fourth-order valence-electron chi connectivity index (χ4n) is 2.48. The standard InChI is InChI=1S/C21H18ClN3O2/c1-14(26)15-6-4-7-18(11-15)25-21(27)17-9-10-20(24-13-17)23-12-16-5-2-3-8-19(16)22/h2-11,13H,12H2,1H3,(H,23,24)(H,25,27). The zero-order valence-corrected chi connectivity index (χ0v) is 15.5. The lowest BCUT2D eigenvalue weighted by atomic mass is 10.1. The van der Waals surface area contributed by atoms with E-state index >= 15 is 0 Å². The van der Waals surface area contributed by atoms with E-state index in [1.807, 2.05) is 24.3 Å². The Balaban J connectivity index is 1.63. The smallest absolute Gasteiger partial charge is 0.257 e. The van der Waals surface area contributed by atoms with E-state index in [1.165, 1.54) is 13.1 Å². The van der Waals surface area contributed by atoms with Crippen molar-refractivity contribution in [2.24, 2.45) is 0 Å². The van der Waals surface area contributed by atoms with Crippen LogP contribution in [0.25, 0.3) is 0 Å². The Morgan fingerprint density at radius 1 is 1.00 bits per heavy atom. The third kappa shape index (κ3) is 4.92. The topological polar surface area (TPSA) is 71.1 Å². The number of pyridine rings is 1. The summed E-state index contributed by atoms with van der Waals surface area (Å²) in [6.07, 6.45) is 1.50. The van der Waals surface area contributed by atoms with E-state index in [2.05, 4.69) is 15.6 Å². The number of nitrogens with zero attached hydrogens (tertiary/aromatic N) is 1. The molecule has 3 rings (SSSR count). The molecule has 0 spiro atoms. The maximum atomic E-state index is 12.4. The summed E-state index contributed by atoms with van der Waals surface area (Å²) in [5.74, 6) is 0.299. The van der Waals surface area contributed by atoms with Gasteiger partial charge in [-0.05, 0) is 42.8 Å². The van der Waals surface area contributed by atoms with Crippen molar-refractivity contribution in [3.05, 3.63) is 88.6 Å². The van der Waals surface area contributed by atoms with Crippen LogP contribution in [0.5, 0.6) is 0 Å². The summed E-state index contributed by atoms with van der Waals surface area (Å²) in [6.45, 7) is 2.02. The molecule has 0 saturated heterocycles. The van der Waals surface area contributed by atoms with E-state index in [-0.39, 0.29) is 11.7 Å². The molecule has 1 heterocycles. The SMILES string of the molecule is CC(=O)c1cccc(NC(=O)c2ccc(NCc3ccccc3Cl)nc2)c1. The number of hydrogen-bond acceptors (Lipinski definition) is 4. The normalized spacial score (nSPS) is 10.3. The highest BCUT2D eigenvalue weighted by atomic mass is 35.5. The molecule has 5 nitrogen and oxygen atoms in total. The Bertz CT molecular complexity index is 971. The summed E-state index contributed by atoms with van der Waals surface area (Å²) in [4.78, 5) is 28.1. The predicted molar refractivity (Wildman–Crippen MR) is 107 cm³/mol. The summed E-state index contributed by atoms with van der Waals surface area (Å²) in [5.41, 5.74) is 2.50. The molecular weight excluding hydrogens is 362 g/mol. The molecule has 0 radical (unpaired) electrons. The van der Waals surface area contributed by atoms with Gasteiger partial charge in [0.2, 0.25) is 0 Å². The maximum Gasteiger partial charge on any atom is 0.257 e. The number of anilines is 2. The molecule has 2 aromatic carbocycles. The van der Waals surface area contributed by atoms with Crippen molar-refractivity contribution in [3.8, 4) is 0 Å². The van der Waals surface area contributed by atoms with Gasteiger partial charge >= 0.3 is 0 Å². The summed E-state index contributed by atoms with van der Waals surface area (Å²) in [6, 6.07) is 17.8. The molecule has 0 bridgehead atoms. The van der Waals surface area contributed by atoms with Gasteiger partial charge in [0.25, 0.3) is 5.91 Å². The lowest BCUT2D eigenvalue weighted by Crippen LogP contribution is -2.13. The number of amides is 1. The number of ketones is 1. The van der Waals surface area contributed by atoms with Crippen LogP contribution in [0.15, 0.2) is 66.9 Å². The van der Waals surface area contributed by atoms with Crippen LogP contribution in [0, 0.1) is 0 Å². The van der Waals surface area contributed by atoms with Gasteiger partial charge in [0.15, 0.2) is 5.78 Å². The van der Waals surface area contributed by atoms with Crippen molar-refractivity contribution < 1.29 is 9.59 Å². The van der Waals surface area contributed by atoms with Crippen LogP contribution in [-0.2, 0) is 6.54 Å². The van der Waals surface area contributed by atoms with Gasteiger partial charge in [0, 0.05) is 29.0 Å². The number of aromatic nitrogens is 1. The Hall–Kier alpha value is -3.18. The zero-order chi connectivity index (χ0) is 19.2. The van der Waals surface area contributed by atoms with Gasteiger partial charge in [0.1, 0.15) is 5.82 Å². The Morgan fingerprint density at radius 2 is 1.81 bits per heavy atom. The van der Waals surface area contributed by atoms with E-state index in [1.54, 1.807) is 36.4 Å². The number of halogens is 1. The Kier molecular flexibility index (Phi) is 5.84. The van der Waals surface area contributed by atoms with Crippen LogP contribution in [0.2, 0.25) is 5.02 Å². The van der Waals surface area contributed by atoms with Crippen LogP contribution < -0.4 is 10.6 Å². The van der Waals surface area contributed by atoms with Crippen LogP contribution in [0.3, 0.4) is 0 Å². The minimum atomic E-state index is -0.291. The van der Waals surface area contributed by atoms with E-state index in [4.69, 9.17) is 11.6 Å². The van der Waals surface area contributed by atoms with Gasteiger partial charge in [-0.3, -0.25) is 9.59 Å². The third-order valence-corrected chi connectivity index (χ3v) is 4.34. The van der Waals surface area contributed by atoms with E-state index in [0.717, 1.165) is 5.56 Å². The van der Waals surface area contributed by atoms with Gasteiger partial charge in [-0.15, -0.1) is 0 Å². The summed E-state index contributed by atoms with van der Waals surface area (Å²) >= 11 is 6.13. The predicted octanol–water partition coefficient (Wildman–Crippen LogP) is 4.80. The second-order valence-corrected chi connectivity index (χ2v) is 6.38. The highest BCUT2D eigenvalue weighted by Gasteiger charge is 2.08. The number of rotatable bonds is 6. The Labute approximate surface area is 162 Å². The molecule has 3 aromatic rings. The van der Waals surface area contributed by atoms with Crippen LogP contribution >= 0.6 is 11.6 Å². The van der Waals surface area contributed by atoms with Crippen molar-refractivity contribution in [2.75, 3.05) is 10.6 Å². The molecule has 6 heteroatoms. The molecule has 0 unspecified atom stereocenters. The van der Waals surface area contributed by atoms with Crippen LogP contribution in [-0.4, -0.2) is 16.7 Å². The number of hydrogen-bond donors (Lipinski definition) is 2. The number of carbonyl (C=O) groups is 2. The summed E-state index contributed by atoms with van der Waals surface area (Å²) in [5, 5.41) is 6.63. The molecule has 27 heavy (non-hydrogen) atoms. The molecule has 0 fully saturated rings. The van der Waals surface area contributed by atoms with Crippen LogP contribution in [0.1, 0.15) is 33.2 Å². The van der Waals surface area contributed by atoms with Crippen molar-refractivity contribution in [1.29, 1.82) is 0 Å². The number of nitrogens with one attached hydrogen (secondary N) is 2. The van der Waals surface area contributed by atoms with Crippen molar-refractivity contribution >= 4 is 34.8 Å². The largest absolute Gasteiger partial charge is 0.366 e. The molecule has 0 saturated carbocycles. The van der Waals surface area contributed by atoms with Crippen molar-refractivity contribution in [1.82, 2.24) is 4.98 Å². The average molecular weight is 380 g/mol. The molecule has 1 amide bonds. The highest BCUT2D eigenvalue weighted by Crippen LogP contribution is 2.17. The molecule has 136 valence electrons. The third-order valence-electron chi connectivity index (χ3n) is 3.97. The van der Waals surface area contributed by atoms with Crippen molar-refractivity contribution in [3.63, 3.8) is 0 Å². The Morgan fingerprint density at radius 3 is 2.52 bits per heavy atom. The minimum absolute atomic E-state index is 0.0540. The van der Waals surface area contributed by atoms with E-state index < -0.39 is 0 Å². The first-order chi connectivity index (χ1) is 13.0. The molecule has 0 atom stereocenters. The fraction of sp³-hybridized carbons (Fsp3) is 0.0952. The second-order valence-electron chi connectivity index (χ2n) is 5.97. The van der Waals surface area contributed by atoms with Gasteiger partial charge in [0.05, 0.1) is 5.56 Å². The highest BCUT2D eigenvalue weighted by molar-refractivity contribution is 6.31. The van der Waals surface area contributed by atoms with Gasteiger partial charge < -0.3 is 10.6 Å². The van der Waals surface area contributed by atoms with Crippen LogP contribution in [0.4, 0.5) is 11.5 Å². The lowest BCUT2D eigenvalue weighted by Gasteiger charge is -2.09. The molecule has 0 aliphatic rings. The molecule has 1 aromatic heterocycles. The lowest BCUT2D eigenvalue weighted by molar-refractivity contribution is 0.101. The number of Topliss-reactive ketones (excluding diaryl/α,β-unsaturated/α-hetero) is 1. The summed E-state index contributed by atoms with van der Waals surface area (Å²) in [7, 11) is 0. The zero-order valence-electron chi connectivity index (χ0n) is 14.7. The van der Waals surface area contributed by atoms with E-state index in [9.17, 15) is 9.59 Å². The first kappa shape index (κ1) is 18.6. The molecule has 2 N–H and O–H groups in total. The first-order valence-corrected chi connectivity index (χ1v) is 8.76. The number of benzene rings is 2. The molecule has 0 aliphatic carbocycles. The molecular formula is C21H18ClN3O2. The average Bonchev–Trinajstić information content (AvgIpc) is 2.68.